The molecule has 0 amide bonds. The smallest absolute Gasteiger partial charge is 0.137 e. The fraction of sp³-hybridized carbons (Fsp3) is 0.520. The van der Waals surface area contributed by atoms with Gasteiger partial charge in [0, 0.05) is 0 Å². The van der Waals surface area contributed by atoms with Gasteiger partial charge in [-0.2, -0.15) is 0 Å². The minimum Gasteiger partial charge on any atom is -0.492 e. The lowest BCUT2D eigenvalue weighted by atomic mass is 10.0. The van der Waals surface area contributed by atoms with E-state index in [2.05, 4.69) is 44.2 Å². The molecule has 0 aliphatic rings. The third kappa shape index (κ3) is 7.97. The first-order valence-corrected chi connectivity index (χ1v) is 11.1. The fourth-order valence-electron chi connectivity index (χ4n) is 3.28. The molecule has 148 valence electrons. The Balaban J connectivity index is 1.79. The Bertz CT molecular complexity index is 648. The summed E-state index contributed by atoms with van der Waals surface area (Å²) in [6.45, 7) is 5.23. The molecule has 0 aliphatic heterocycles. The van der Waals surface area contributed by atoms with Crippen molar-refractivity contribution in [3.63, 3.8) is 0 Å². The Morgan fingerprint density at radius 2 is 1.33 bits per heavy atom. The van der Waals surface area contributed by atoms with Gasteiger partial charge in [-0.15, -0.1) is 0 Å². The summed E-state index contributed by atoms with van der Waals surface area (Å²) < 4.78 is 5.89. The summed E-state index contributed by atoms with van der Waals surface area (Å²) in [4.78, 5) is 0. The number of aryl methyl sites for hydroxylation is 1. The molecular weight excluding hydrogens is 352 g/mol. The van der Waals surface area contributed by atoms with Gasteiger partial charge in [0.15, 0.2) is 0 Å². The van der Waals surface area contributed by atoms with E-state index in [1.165, 1.54) is 62.5 Å². The van der Waals surface area contributed by atoms with E-state index >= 15 is 0 Å². The molecule has 0 atom stereocenters. The zero-order valence-corrected chi connectivity index (χ0v) is 17.9. The highest BCUT2D eigenvalue weighted by Gasteiger charge is 2.05. The molecule has 0 radical (unpaired) electrons. The monoisotopic (exact) mass is 386 g/mol. The highest BCUT2D eigenvalue weighted by atomic mass is 35.5. The predicted octanol–water partition coefficient (Wildman–Crippen LogP) is 8.48. The maximum absolute atomic E-state index is 6.45. The van der Waals surface area contributed by atoms with Crippen molar-refractivity contribution in [2.24, 2.45) is 0 Å². The minimum atomic E-state index is 0.700. The molecule has 0 heterocycles. The van der Waals surface area contributed by atoms with Crippen molar-refractivity contribution >= 4 is 11.6 Å². The van der Waals surface area contributed by atoms with Gasteiger partial charge in [-0.05, 0) is 48.1 Å². The van der Waals surface area contributed by atoms with Gasteiger partial charge >= 0.3 is 0 Å². The van der Waals surface area contributed by atoms with E-state index in [9.17, 15) is 0 Å². The van der Waals surface area contributed by atoms with Crippen LogP contribution >= 0.6 is 11.6 Å². The number of hydrogen-bond acceptors (Lipinski definition) is 1. The average molecular weight is 387 g/mol. The number of rotatable bonds is 13. The lowest BCUT2D eigenvalue weighted by molar-refractivity contribution is 0.304. The molecular formula is C25H35ClO. The Morgan fingerprint density at radius 1 is 0.704 bits per heavy atom. The van der Waals surface area contributed by atoms with E-state index in [0.717, 1.165) is 30.8 Å². The molecule has 0 aliphatic carbocycles. The van der Waals surface area contributed by atoms with E-state index in [-0.39, 0.29) is 0 Å². The second-order valence-corrected chi connectivity index (χ2v) is 7.82. The maximum atomic E-state index is 6.45. The minimum absolute atomic E-state index is 0.700. The van der Waals surface area contributed by atoms with Crippen molar-refractivity contribution in [2.45, 2.75) is 78.1 Å². The molecule has 2 aromatic carbocycles. The predicted molar refractivity (Wildman–Crippen MR) is 119 cm³/mol. The van der Waals surface area contributed by atoms with E-state index in [1.54, 1.807) is 0 Å². The van der Waals surface area contributed by atoms with Crippen LogP contribution in [0.1, 0.15) is 77.2 Å². The first kappa shape index (κ1) is 21.8. The van der Waals surface area contributed by atoms with E-state index < -0.39 is 0 Å². The van der Waals surface area contributed by atoms with Gasteiger partial charge in [-0.1, -0.05) is 101 Å². The molecule has 0 saturated carbocycles. The second kappa shape index (κ2) is 12.8. The summed E-state index contributed by atoms with van der Waals surface area (Å²) in [5, 5.41) is 0.700. The number of benzene rings is 2. The number of unbranched alkanes of at least 4 members (excludes halogenated alkanes) is 7. The van der Waals surface area contributed by atoms with Crippen LogP contribution in [0.4, 0.5) is 0 Å². The standard InChI is InChI=1S/C25H35ClO/c1-3-5-7-8-9-10-11-19-27-25-18-17-23(20-24(25)26)22-15-13-21(14-16-22)12-6-4-2/h13-18,20H,3-12,19H2,1-2H3. The number of halogens is 1. The van der Waals surface area contributed by atoms with Gasteiger partial charge in [0.2, 0.25) is 0 Å². The maximum Gasteiger partial charge on any atom is 0.137 e. The molecule has 0 aromatic heterocycles. The van der Waals surface area contributed by atoms with Gasteiger partial charge in [0.25, 0.3) is 0 Å². The van der Waals surface area contributed by atoms with Gasteiger partial charge in [-0.3, -0.25) is 0 Å². The molecule has 27 heavy (non-hydrogen) atoms. The lowest BCUT2D eigenvalue weighted by Crippen LogP contribution is -1.98. The molecule has 0 bridgehead atoms. The zero-order chi connectivity index (χ0) is 19.3. The first-order valence-electron chi connectivity index (χ1n) is 10.8. The second-order valence-electron chi connectivity index (χ2n) is 7.42. The van der Waals surface area contributed by atoms with Crippen LogP contribution in [0.3, 0.4) is 0 Å². The van der Waals surface area contributed by atoms with Crippen LogP contribution in [0.25, 0.3) is 11.1 Å². The first-order chi connectivity index (χ1) is 13.2. The molecule has 2 rings (SSSR count). The lowest BCUT2D eigenvalue weighted by Gasteiger charge is -2.10. The highest BCUT2D eigenvalue weighted by Crippen LogP contribution is 2.31. The quantitative estimate of drug-likeness (QED) is 0.313. The molecule has 0 spiro atoms. The van der Waals surface area contributed by atoms with Crippen LogP contribution in [0.15, 0.2) is 42.5 Å². The van der Waals surface area contributed by atoms with Crippen LogP contribution < -0.4 is 4.74 Å². The summed E-state index contributed by atoms with van der Waals surface area (Å²) in [6, 6.07) is 15.0. The average Bonchev–Trinajstić information content (AvgIpc) is 2.70. The van der Waals surface area contributed by atoms with Crippen molar-refractivity contribution in [3.8, 4) is 16.9 Å². The van der Waals surface area contributed by atoms with Gasteiger partial charge in [0.1, 0.15) is 5.75 Å². The summed E-state index contributed by atoms with van der Waals surface area (Å²) in [7, 11) is 0. The largest absolute Gasteiger partial charge is 0.492 e. The van der Waals surface area contributed by atoms with Gasteiger partial charge in [0.05, 0.1) is 11.6 Å². The van der Waals surface area contributed by atoms with E-state index in [0.29, 0.717) is 5.02 Å². The third-order valence-corrected chi connectivity index (χ3v) is 5.34. The van der Waals surface area contributed by atoms with Gasteiger partial charge < -0.3 is 4.74 Å². The van der Waals surface area contributed by atoms with Gasteiger partial charge in [-0.25, -0.2) is 0 Å². The zero-order valence-electron chi connectivity index (χ0n) is 17.1. The molecule has 2 aromatic rings. The normalized spacial score (nSPS) is 10.9. The fourth-order valence-corrected chi connectivity index (χ4v) is 3.52. The topological polar surface area (TPSA) is 9.23 Å². The summed E-state index contributed by atoms with van der Waals surface area (Å²) >= 11 is 6.45. The van der Waals surface area contributed by atoms with Crippen LogP contribution in [-0.2, 0) is 6.42 Å². The molecule has 0 fully saturated rings. The highest BCUT2D eigenvalue weighted by molar-refractivity contribution is 6.32. The SMILES string of the molecule is CCCCCCCCCOc1ccc(-c2ccc(CCCC)cc2)cc1Cl. The summed E-state index contributed by atoms with van der Waals surface area (Å²) in [5.74, 6) is 0.797. The van der Waals surface area contributed by atoms with Crippen LogP contribution in [0, 0.1) is 0 Å². The molecule has 2 heteroatoms. The third-order valence-electron chi connectivity index (χ3n) is 5.04. The molecule has 0 unspecified atom stereocenters. The van der Waals surface area contributed by atoms with E-state index in [1.807, 2.05) is 12.1 Å². The molecule has 0 saturated heterocycles. The molecule has 0 N–H and O–H groups in total. The Hall–Kier alpha value is -1.47. The summed E-state index contributed by atoms with van der Waals surface area (Å²) in [5.41, 5.74) is 3.75. The number of hydrogen-bond donors (Lipinski definition) is 0. The van der Waals surface area contributed by atoms with Crippen LogP contribution in [0.2, 0.25) is 5.02 Å². The molecule has 1 nitrogen and oxygen atoms in total. The van der Waals surface area contributed by atoms with E-state index in [4.69, 9.17) is 16.3 Å². The van der Waals surface area contributed by atoms with Crippen molar-refractivity contribution in [1.29, 1.82) is 0 Å². The Kier molecular flexibility index (Phi) is 10.4. The van der Waals surface area contributed by atoms with Crippen molar-refractivity contribution in [3.05, 3.63) is 53.1 Å². The van der Waals surface area contributed by atoms with Crippen molar-refractivity contribution < 1.29 is 4.74 Å². The Morgan fingerprint density at radius 3 is 2.00 bits per heavy atom. The van der Waals surface area contributed by atoms with Crippen molar-refractivity contribution in [2.75, 3.05) is 6.61 Å². The van der Waals surface area contributed by atoms with Crippen LogP contribution in [0.5, 0.6) is 5.75 Å². The van der Waals surface area contributed by atoms with Crippen molar-refractivity contribution in [1.82, 2.24) is 0 Å². The summed E-state index contributed by atoms with van der Waals surface area (Å²) in [6.07, 6.45) is 12.7. The van der Waals surface area contributed by atoms with Crippen LogP contribution in [-0.4, -0.2) is 6.61 Å². The number of ether oxygens (including phenoxy) is 1. The Labute approximate surface area is 171 Å².